The largest absolute Gasteiger partial charge is 0.378 e. The summed E-state index contributed by atoms with van der Waals surface area (Å²) >= 11 is 0. The fraction of sp³-hybridized carbons (Fsp3) is 0.211. The molecule has 0 saturated heterocycles. The molecule has 2 heterocycles. The van der Waals surface area contributed by atoms with Crippen LogP contribution in [-0.2, 0) is 6.54 Å². The smallest absolute Gasteiger partial charge is 0.136 e. The van der Waals surface area contributed by atoms with Gasteiger partial charge in [-0.3, -0.25) is 4.98 Å². The maximum absolute atomic E-state index is 4.46. The van der Waals surface area contributed by atoms with Gasteiger partial charge in [-0.25, -0.2) is 9.97 Å². The van der Waals surface area contributed by atoms with Gasteiger partial charge in [0.1, 0.15) is 17.5 Å². The number of hydrogen-bond acceptors (Lipinski definition) is 6. The van der Waals surface area contributed by atoms with Gasteiger partial charge in [-0.15, -0.1) is 0 Å². The summed E-state index contributed by atoms with van der Waals surface area (Å²) in [6.45, 7) is 2.55. The first-order chi connectivity index (χ1) is 12.1. The van der Waals surface area contributed by atoms with Crippen molar-refractivity contribution in [3.63, 3.8) is 0 Å². The highest BCUT2D eigenvalue weighted by Gasteiger charge is 2.04. The van der Waals surface area contributed by atoms with Crippen LogP contribution in [0.3, 0.4) is 0 Å². The maximum Gasteiger partial charge on any atom is 0.136 e. The van der Waals surface area contributed by atoms with Gasteiger partial charge in [0.05, 0.1) is 0 Å². The van der Waals surface area contributed by atoms with Crippen molar-refractivity contribution in [1.82, 2.24) is 15.0 Å². The number of aromatic nitrogens is 3. The standard InChI is InChI=1S/C19H22N6/c1-14-22-18(21-13-15-5-4-10-20-12-15)11-19(23-14)24-16-6-8-17(9-7-16)25(2)3/h4-12H,13H2,1-3H3,(H2,21,22,23,24). The highest BCUT2D eigenvalue weighted by atomic mass is 15.1. The minimum Gasteiger partial charge on any atom is -0.378 e. The third-order valence-corrected chi connectivity index (χ3v) is 3.69. The normalized spacial score (nSPS) is 10.4. The minimum absolute atomic E-state index is 0.668. The minimum atomic E-state index is 0.668. The molecule has 0 unspecified atom stereocenters. The molecule has 0 aliphatic rings. The number of anilines is 4. The van der Waals surface area contributed by atoms with Gasteiger partial charge in [0.2, 0.25) is 0 Å². The number of hydrogen-bond donors (Lipinski definition) is 2. The van der Waals surface area contributed by atoms with Crippen molar-refractivity contribution in [2.75, 3.05) is 29.6 Å². The number of aryl methyl sites for hydroxylation is 1. The van der Waals surface area contributed by atoms with Crippen LogP contribution < -0.4 is 15.5 Å². The molecule has 25 heavy (non-hydrogen) atoms. The van der Waals surface area contributed by atoms with E-state index in [-0.39, 0.29) is 0 Å². The molecule has 0 radical (unpaired) electrons. The van der Waals surface area contributed by atoms with Crippen molar-refractivity contribution in [2.45, 2.75) is 13.5 Å². The SMILES string of the molecule is Cc1nc(NCc2cccnc2)cc(Nc2ccc(N(C)C)cc2)n1. The molecule has 6 heteroatoms. The first-order valence-corrected chi connectivity index (χ1v) is 8.13. The Bertz CT molecular complexity index is 815. The summed E-state index contributed by atoms with van der Waals surface area (Å²) in [6.07, 6.45) is 3.61. The van der Waals surface area contributed by atoms with E-state index in [4.69, 9.17) is 0 Å². The summed E-state index contributed by atoms with van der Waals surface area (Å²) in [5.74, 6) is 2.26. The Labute approximate surface area is 148 Å². The molecule has 0 aliphatic carbocycles. The lowest BCUT2D eigenvalue weighted by atomic mass is 10.2. The van der Waals surface area contributed by atoms with Gasteiger partial charge < -0.3 is 15.5 Å². The van der Waals surface area contributed by atoms with E-state index in [0.29, 0.717) is 12.4 Å². The third kappa shape index (κ3) is 4.67. The third-order valence-electron chi connectivity index (χ3n) is 3.69. The molecule has 0 saturated carbocycles. The number of nitrogens with zero attached hydrogens (tertiary/aromatic N) is 4. The van der Waals surface area contributed by atoms with E-state index in [9.17, 15) is 0 Å². The van der Waals surface area contributed by atoms with Gasteiger partial charge in [0.25, 0.3) is 0 Å². The zero-order valence-corrected chi connectivity index (χ0v) is 14.7. The van der Waals surface area contributed by atoms with E-state index in [2.05, 4.69) is 42.6 Å². The van der Waals surface area contributed by atoms with Crippen molar-refractivity contribution < 1.29 is 0 Å². The quantitative estimate of drug-likeness (QED) is 0.718. The Kier molecular flexibility index (Phi) is 5.09. The summed E-state index contributed by atoms with van der Waals surface area (Å²) in [7, 11) is 4.05. The Balaban J connectivity index is 1.70. The van der Waals surface area contributed by atoms with Gasteiger partial charge in [-0.2, -0.15) is 0 Å². The van der Waals surface area contributed by atoms with E-state index in [1.807, 2.05) is 57.5 Å². The van der Waals surface area contributed by atoms with Crippen LogP contribution in [0.5, 0.6) is 0 Å². The Morgan fingerprint density at radius 1 is 1.00 bits per heavy atom. The van der Waals surface area contributed by atoms with E-state index < -0.39 is 0 Å². The number of rotatable bonds is 6. The lowest BCUT2D eigenvalue weighted by molar-refractivity contribution is 1.02. The van der Waals surface area contributed by atoms with Crippen molar-refractivity contribution in [3.8, 4) is 0 Å². The molecule has 2 aromatic heterocycles. The zero-order valence-electron chi connectivity index (χ0n) is 14.7. The predicted octanol–water partition coefficient (Wildman–Crippen LogP) is 3.60. The monoisotopic (exact) mass is 334 g/mol. The average molecular weight is 334 g/mol. The first kappa shape index (κ1) is 16.7. The average Bonchev–Trinajstić information content (AvgIpc) is 2.61. The van der Waals surface area contributed by atoms with Crippen LogP contribution in [0.4, 0.5) is 23.0 Å². The van der Waals surface area contributed by atoms with Crippen LogP contribution in [0.15, 0.2) is 54.9 Å². The summed E-state index contributed by atoms with van der Waals surface area (Å²) in [4.78, 5) is 15.1. The molecule has 3 rings (SSSR count). The molecule has 3 aromatic rings. The van der Waals surface area contributed by atoms with Crippen molar-refractivity contribution in [2.24, 2.45) is 0 Å². The van der Waals surface area contributed by atoms with Crippen LogP contribution in [0.2, 0.25) is 0 Å². The Morgan fingerprint density at radius 3 is 2.44 bits per heavy atom. The van der Waals surface area contributed by atoms with E-state index >= 15 is 0 Å². The lowest BCUT2D eigenvalue weighted by Crippen LogP contribution is -2.08. The van der Waals surface area contributed by atoms with Gasteiger partial charge in [0, 0.05) is 50.5 Å². The number of pyridine rings is 1. The first-order valence-electron chi connectivity index (χ1n) is 8.13. The molecule has 0 spiro atoms. The topological polar surface area (TPSA) is 66.0 Å². The van der Waals surface area contributed by atoms with Gasteiger partial charge >= 0.3 is 0 Å². The van der Waals surface area contributed by atoms with Crippen molar-refractivity contribution in [3.05, 3.63) is 66.2 Å². The van der Waals surface area contributed by atoms with Crippen LogP contribution in [0.1, 0.15) is 11.4 Å². The Morgan fingerprint density at radius 2 is 1.76 bits per heavy atom. The van der Waals surface area contributed by atoms with Gasteiger partial charge in [-0.05, 0) is 42.8 Å². The molecule has 0 fully saturated rings. The molecular formula is C19H22N6. The van der Waals surface area contributed by atoms with Gasteiger partial charge in [-0.1, -0.05) is 6.07 Å². The summed E-state index contributed by atoms with van der Waals surface area (Å²) in [5, 5.41) is 6.64. The van der Waals surface area contributed by atoms with E-state index in [0.717, 1.165) is 28.6 Å². The molecule has 6 nitrogen and oxygen atoms in total. The summed E-state index contributed by atoms with van der Waals surface area (Å²) in [5.41, 5.74) is 3.25. The second-order valence-corrected chi connectivity index (χ2v) is 5.97. The molecule has 0 atom stereocenters. The van der Waals surface area contributed by atoms with Crippen molar-refractivity contribution in [1.29, 1.82) is 0 Å². The van der Waals surface area contributed by atoms with Crippen LogP contribution in [0.25, 0.3) is 0 Å². The summed E-state index contributed by atoms with van der Waals surface area (Å²) < 4.78 is 0. The lowest BCUT2D eigenvalue weighted by Gasteiger charge is -2.14. The van der Waals surface area contributed by atoms with Gasteiger partial charge in [0.15, 0.2) is 0 Å². The molecule has 0 bridgehead atoms. The molecule has 0 amide bonds. The van der Waals surface area contributed by atoms with E-state index in [1.54, 1.807) is 6.20 Å². The fourth-order valence-corrected chi connectivity index (χ4v) is 2.41. The Hall–Kier alpha value is -3.15. The number of benzene rings is 1. The summed E-state index contributed by atoms with van der Waals surface area (Å²) in [6, 6.07) is 14.1. The van der Waals surface area contributed by atoms with E-state index in [1.165, 1.54) is 0 Å². The second kappa shape index (κ2) is 7.61. The molecule has 128 valence electrons. The molecular weight excluding hydrogens is 312 g/mol. The van der Waals surface area contributed by atoms with Crippen molar-refractivity contribution >= 4 is 23.0 Å². The molecule has 1 aromatic carbocycles. The number of nitrogens with one attached hydrogen (secondary N) is 2. The fourth-order valence-electron chi connectivity index (χ4n) is 2.41. The molecule has 0 aliphatic heterocycles. The highest BCUT2D eigenvalue weighted by Crippen LogP contribution is 2.20. The van der Waals surface area contributed by atoms with Crippen LogP contribution >= 0.6 is 0 Å². The highest BCUT2D eigenvalue weighted by molar-refractivity contribution is 5.62. The zero-order chi connectivity index (χ0) is 17.6. The van der Waals surface area contributed by atoms with Crippen LogP contribution in [0, 0.1) is 6.92 Å². The second-order valence-electron chi connectivity index (χ2n) is 5.97. The maximum atomic E-state index is 4.46. The predicted molar refractivity (Wildman–Crippen MR) is 102 cm³/mol. The molecule has 2 N–H and O–H groups in total. The van der Waals surface area contributed by atoms with Crippen LogP contribution in [-0.4, -0.2) is 29.0 Å².